The smallest absolute Gasteiger partial charge is 0.225 e. The van der Waals surface area contributed by atoms with Gasteiger partial charge in [0.2, 0.25) is 5.91 Å². The molecule has 1 aliphatic carbocycles. The molecule has 2 saturated heterocycles. The summed E-state index contributed by atoms with van der Waals surface area (Å²) in [7, 11) is 1.84. The summed E-state index contributed by atoms with van der Waals surface area (Å²) in [4.78, 5) is 23.9. The van der Waals surface area contributed by atoms with Crippen molar-refractivity contribution in [2.75, 3.05) is 66.0 Å². The van der Waals surface area contributed by atoms with Crippen LogP contribution < -0.4 is 10.6 Å². The van der Waals surface area contributed by atoms with Crippen LogP contribution in [0.3, 0.4) is 0 Å². The summed E-state index contributed by atoms with van der Waals surface area (Å²) >= 11 is 0. The van der Waals surface area contributed by atoms with Crippen LogP contribution in [-0.2, 0) is 4.79 Å². The predicted molar refractivity (Wildman–Crippen MR) is 135 cm³/mol. The SMILES string of the molecule is CN=C(NCCN1CCN(C(=O)C2CCC2)CC1)NCC(C)(C)N1CCCCC1.I. The van der Waals surface area contributed by atoms with Crippen LogP contribution in [0, 0.1) is 5.92 Å². The average Bonchev–Trinajstić information content (AvgIpc) is 2.70. The Labute approximate surface area is 200 Å². The van der Waals surface area contributed by atoms with Crippen molar-refractivity contribution in [1.29, 1.82) is 0 Å². The number of guanidine groups is 1. The maximum Gasteiger partial charge on any atom is 0.225 e. The molecule has 3 rings (SSSR count). The molecule has 2 heterocycles. The summed E-state index contributed by atoms with van der Waals surface area (Å²) in [5.41, 5.74) is 0.140. The molecule has 8 heteroatoms. The minimum Gasteiger partial charge on any atom is -0.355 e. The van der Waals surface area contributed by atoms with Gasteiger partial charge in [0.05, 0.1) is 0 Å². The second-order valence-corrected chi connectivity index (χ2v) is 9.51. The quantitative estimate of drug-likeness (QED) is 0.297. The highest BCUT2D eigenvalue weighted by Crippen LogP contribution is 2.28. The zero-order valence-corrected chi connectivity index (χ0v) is 21.6. The van der Waals surface area contributed by atoms with Crippen LogP contribution in [0.5, 0.6) is 0 Å². The highest BCUT2D eigenvalue weighted by molar-refractivity contribution is 14.0. The Kier molecular flexibility index (Phi) is 10.6. The van der Waals surface area contributed by atoms with Gasteiger partial charge in [-0.3, -0.25) is 19.6 Å². The molecule has 2 N–H and O–H groups in total. The highest BCUT2D eigenvalue weighted by Gasteiger charge is 2.31. The van der Waals surface area contributed by atoms with E-state index in [4.69, 9.17) is 0 Å². The van der Waals surface area contributed by atoms with E-state index in [2.05, 4.69) is 44.2 Å². The molecule has 7 nitrogen and oxygen atoms in total. The number of carbonyl (C=O) groups is 1. The number of likely N-dealkylation sites (tertiary alicyclic amines) is 1. The molecule has 0 atom stereocenters. The summed E-state index contributed by atoms with van der Waals surface area (Å²) in [6, 6.07) is 0. The Balaban J connectivity index is 0.00000320. The highest BCUT2D eigenvalue weighted by atomic mass is 127. The van der Waals surface area contributed by atoms with Crippen molar-refractivity contribution in [3.05, 3.63) is 0 Å². The first-order chi connectivity index (χ1) is 14.0. The van der Waals surface area contributed by atoms with Crippen molar-refractivity contribution in [3.63, 3.8) is 0 Å². The number of nitrogens with zero attached hydrogens (tertiary/aromatic N) is 4. The molecular formula is C22H43IN6O. The molecule has 2 aliphatic heterocycles. The number of aliphatic imine (C=N–C) groups is 1. The lowest BCUT2D eigenvalue weighted by atomic mass is 9.84. The van der Waals surface area contributed by atoms with Crippen LogP contribution in [0.25, 0.3) is 0 Å². The molecule has 0 radical (unpaired) electrons. The lowest BCUT2D eigenvalue weighted by Gasteiger charge is -2.41. The predicted octanol–water partition coefficient (Wildman–Crippen LogP) is 1.98. The molecule has 0 aromatic carbocycles. The molecule has 174 valence electrons. The van der Waals surface area contributed by atoms with Gasteiger partial charge in [0.1, 0.15) is 0 Å². The molecule has 3 aliphatic rings. The number of piperazine rings is 1. The molecule has 0 spiro atoms. The number of halogens is 1. The third-order valence-corrected chi connectivity index (χ3v) is 6.98. The van der Waals surface area contributed by atoms with E-state index in [0.717, 1.165) is 64.6 Å². The molecule has 1 saturated carbocycles. The number of hydrogen-bond acceptors (Lipinski definition) is 4. The topological polar surface area (TPSA) is 63.2 Å². The normalized spacial score (nSPS) is 22.2. The van der Waals surface area contributed by atoms with Gasteiger partial charge in [-0.05, 0) is 52.6 Å². The first-order valence-corrected chi connectivity index (χ1v) is 11.7. The molecular weight excluding hydrogens is 491 g/mol. The van der Waals surface area contributed by atoms with Crippen molar-refractivity contribution >= 4 is 35.8 Å². The summed E-state index contributed by atoms with van der Waals surface area (Å²) in [5.74, 6) is 1.61. The van der Waals surface area contributed by atoms with E-state index in [-0.39, 0.29) is 29.5 Å². The summed E-state index contributed by atoms with van der Waals surface area (Å²) < 4.78 is 0. The van der Waals surface area contributed by atoms with Crippen LogP contribution in [-0.4, -0.2) is 98.1 Å². The van der Waals surface area contributed by atoms with Crippen LogP contribution >= 0.6 is 24.0 Å². The van der Waals surface area contributed by atoms with Gasteiger partial charge in [-0.1, -0.05) is 12.8 Å². The lowest BCUT2D eigenvalue weighted by molar-refractivity contribution is -0.139. The number of piperidine rings is 1. The molecule has 0 unspecified atom stereocenters. The molecule has 1 amide bonds. The number of nitrogens with one attached hydrogen (secondary N) is 2. The van der Waals surface area contributed by atoms with Crippen LogP contribution in [0.1, 0.15) is 52.4 Å². The Morgan fingerprint density at radius 1 is 0.967 bits per heavy atom. The van der Waals surface area contributed by atoms with Crippen molar-refractivity contribution in [1.82, 2.24) is 25.3 Å². The second-order valence-electron chi connectivity index (χ2n) is 9.51. The van der Waals surface area contributed by atoms with E-state index in [9.17, 15) is 4.79 Å². The van der Waals surface area contributed by atoms with Crippen LogP contribution in [0.2, 0.25) is 0 Å². The zero-order valence-electron chi connectivity index (χ0n) is 19.3. The maximum absolute atomic E-state index is 12.4. The Morgan fingerprint density at radius 3 is 2.20 bits per heavy atom. The van der Waals surface area contributed by atoms with Gasteiger partial charge >= 0.3 is 0 Å². The van der Waals surface area contributed by atoms with Gasteiger partial charge in [0.25, 0.3) is 0 Å². The van der Waals surface area contributed by atoms with E-state index < -0.39 is 0 Å². The maximum atomic E-state index is 12.4. The van der Waals surface area contributed by atoms with Crippen molar-refractivity contribution in [3.8, 4) is 0 Å². The van der Waals surface area contributed by atoms with Gasteiger partial charge in [0, 0.05) is 64.3 Å². The van der Waals surface area contributed by atoms with Gasteiger partial charge in [-0.25, -0.2) is 0 Å². The Hall–Kier alpha value is -0.610. The molecule has 30 heavy (non-hydrogen) atoms. The minimum atomic E-state index is 0. The summed E-state index contributed by atoms with van der Waals surface area (Å²) in [5, 5.41) is 6.98. The second kappa shape index (κ2) is 12.4. The fourth-order valence-electron chi connectivity index (χ4n) is 4.57. The van der Waals surface area contributed by atoms with E-state index in [1.54, 1.807) is 0 Å². The first-order valence-electron chi connectivity index (χ1n) is 11.7. The Morgan fingerprint density at radius 2 is 1.63 bits per heavy atom. The lowest BCUT2D eigenvalue weighted by Crippen LogP contribution is -2.55. The van der Waals surface area contributed by atoms with Gasteiger partial charge < -0.3 is 15.5 Å². The van der Waals surface area contributed by atoms with Gasteiger partial charge in [-0.15, -0.1) is 24.0 Å². The van der Waals surface area contributed by atoms with Crippen molar-refractivity contribution in [2.45, 2.75) is 57.9 Å². The number of hydrogen-bond donors (Lipinski definition) is 2. The molecule has 0 aromatic heterocycles. The Bertz CT molecular complexity index is 552. The number of carbonyl (C=O) groups excluding carboxylic acids is 1. The molecule has 3 fully saturated rings. The largest absolute Gasteiger partial charge is 0.355 e. The van der Waals surface area contributed by atoms with E-state index in [0.29, 0.717) is 11.8 Å². The van der Waals surface area contributed by atoms with E-state index in [1.807, 2.05) is 7.05 Å². The zero-order chi connectivity index (χ0) is 20.7. The van der Waals surface area contributed by atoms with E-state index in [1.165, 1.54) is 38.8 Å². The molecule has 0 bridgehead atoms. The fraction of sp³-hybridized carbons (Fsp3) is 0.909. The third kappa shape index (κ3) is 7.22. The first kappa shape index (κ1) is 25.6. The molecule has 0 aromatic rings. The van der Waals surface area contributed by atoms with Gasteiger partial charge in [-0.2, -0.15) is 0 Å². The number of amides is 1. The number of rotatable bonds is 7. The standard InChI is InChI=1S/C22H42N6O.HI/c1-22(2,28-11-5-4-6-12-28)18-25-21(23-3)24-10-13-26-14-16-27(17-15-26)20(29)19-8-7-9-19;/h19H,4-18H2,1-3H3,(H2,23,24,25);1H. The van der Waals surface area contributed by atoms with Crippen molar-refractivity contribution < 1.29 is 4.79 Å². The fourth-order valence-corrected chi connectivity index (χ4v) is 4.57. The van der Waals surface area contributed by atoms with Crippen LogP contribution in [0.4, 0.5) is 0 Å². The monoisotopic (exact) mass is 534 g/mol. The van der Waals surface area contributed by atoms with Crippen LogP contribution in [0.15, 0.2) is 4.99 Å². The average molecular weight is 535 g/mol. The van der Waals surface area contributed by atoms with E-state index >= 15 is 0 Å². The summed E-state index contributed by atoms with van der Waals surface area (Å²) in [6.07, 6.45) is 7.43. The minimum absolute atomic E-state index is 0. The van der Waals surface area contributed by atoms with Crippen molar-refractivity contribution in [2.24, 2.45) is 10.9 Å². The third-order valence-electron chi connectivity index (χ3n) is 6.98. The summed E-state index contributed by atoms with van der Waals surface area (Å²) in [6.45, 7) is 13.5. The van der Waals surface area contributed by atoms with Gasteiger partial charge in [0.15, 0.2) is 5.96 Å².